The Morgan fingerprint density at radius 3 is 2.30 bits per heavy atom. The lowest BCUT2D eigenvalue weighted by molar-refractivity contribution is -0.268. The maximum Gasteiger partial charge on any atom is 0.463 e. The molecule has 0 saturated heterocycles. The molecule has 1 amide bonds. The number of halogens is 5. The molecule has 3 nitrogen and oxygen atoms in total. The van der Waals surface area contributed by atoms with Gasteiger partial charge in [0.05, 0.1) is 0 Å². The van der Waals surface area contributed by atoms with Crippen LogP contribution in [-0.2, 0) is 4.79 Å². The van der Waals surface area contributed by atoms with Crippen molar-refractivity contribution in [2.24, 2.45) is 0 Å². The third-order valence-corrected chi connectivity index (χ3v) is 2.50. The number of carbonyl (C=O) groups excluding carboxylic acids is 1. The van der Waals surface area contributed by atoms with Gasteiger partial charge >= 0.3 is 18.0 Å². The van der Waals surface area contributed by atoms with Crippen LogP contribution in [0.3, 0.4) is 0 Å². The van der Waals surface area contributed by atoms with Crippen LogP contribution in [0.1, 0.15) is 13.3 Å². The molecule has 0 bridgehead atoms. The summed E-state index contributed by atoms with van der Waals surface area (Å²) in [5.41, 5.74) is 5.50. The van der Waals surface area contributed by atoms with E-state index in [1.807, 2.05) is 0 Å². The first kappa shape index (κ1) is 16.2. The van der Waals surface area contributed by atoms with Crippen LogP contribution in [-0.4, -0.2) is 24.6 Å². The molecule has 0 spiro atoms. The van der Waals surface area contributed by atoms with Crippen LogP contribution in [0.4, 0.5) is 33.3 Å². The van der Waals surface area contributed by atoms with Gasteiger partial charge in [-0.2, -0.15) is 22.0 Å². The van der Waals surface area contributed by atoms with E-state index in [-0.39, 0.29) is 24.3 Å². The maximum absolute atomic E-state index is 13.1. The zero-order valence-corrected chi connectivity index (χ0v) is 10.5. The number of hydrogen-bond donors (Lipinski definition) is 1. The highest BCUT2D eigenvalue weighted by atomic mass is 19.4. The average Bonchev–Trinajstić information content (AvgIpc) is 2.33. The van der Waals surface area contributed by atoms with E-state index in [9.17, 15) is 26.7 Å². The summed E-state index contributed by atoms with van der Waals surface area (Å²) in [7, 11) is 0. The van der Waals surface area contributed by atoms with Gasteiger partial charge in [0.25, 0.3) is 0 Å². The molecule has 0 aliphatic rings. The van der Waals surface area contributed by atoms with Crippen LogP contribution in [0, 0.1) is 0 Å². The van der Waals surface area contributed by atoms with Crippen LogP contribution >= 0.6 is 0 Å². The van der Waals surface area contributed by atoms with Gasteiger partial charge in [-0.15, -0.1) is 0 Å². The summed E-state index contributed by atoms with van der Waals surface area (Å²) in [5.74, 6) is -7.75. The van der Waals surface area contributed by atoms with Gasteiger partial charge in [-0.1, -0.05) is 13.0 Å². The van der Waals surface area contributed by atoms with Crippen molar-refractivity contribution in [2.45, 2.75) is 25.4 Å². The largest absolute Gasteiger partial charge is 0.463 e. The van der Waals surface area contributed by atoms with Crippen molar-refractivity contribution in [3.05, 3.63) is 24.3 Å². The van der Waals surface area contributed by atoms with E-state index in [1.54, 1.807) is 6.92 Å². The first-order valence-corrected chi connectivity index (χ1v) is 5.73. The van der Waals surface area contributed by atoms with Gasteiger partial charge in [0.15, 0.2) is 0 Å². The van der Waals surface area contributed by atoms with E-state index >= 15 is 0 Å². The maximum atomic E-state index is 13.1. The number of nitrogen functional groups attached to an aromatic ring is 1. The highest BCUT2D eigenvalue weighted by Crippen LogP contribution is 2.38. The standard InChI is InChI=1S/C12H13F5N2O/c1-2-6-19(9-5-3-4-8(18)7-9)10(20)11(13,14)12(15,16)17/h3-5,7H,2,6,18H2,1H3. The number of hydrogen-bond acceptors (Lipinski definition) is 2. The van der Waals surface area contributed by atoms with Gasteiger partial charge < -0.3 is 10.6 Å². The van der Waals surface area contributed by atoms with Crippen molar-refractivity contribution in [1.29, 1.82) is 0 Å². The Kier molecular flexibility index (Phi) is 4.57. The van der Waals surface area contributed by atoms with Crippen LogP contribution in [0.5, 0.6) is 0 Å². The average molecular weight is 296 g/mol. The molecule has 0 aliphatic heterocycles. The van der Waals surface area contributed by atoms with Gasteiger partial charge in [0.2, 0.25) is 0 Å². The zero-order valence-electron chi connectivity index (χ0n) is 10.5. The fraction of sp³-hybridized carbons (Fsp3) is 0.417. The molecule has 0 radical (unpaired) electrons. The third-order valence-electron chi connectivity index (χ3n) is 2.50. The molecule has 0 unspecified atom stereocenters. The second-order valence-corrected chi connectivity index (χ2v) is 4.12. The van der Waals surface area contributed by atoms with Crippen LogP contribution < -0.4 is 10.6 Å². The number of carbonyl (C=O) groups is 1. The summed E-state index contributed by atoms with van der Waals surface area (Å²) in [4.78, 5) is 11.9. The minimum atomic E-state index is -5.93. The van der Waals surface area contributed by atoms with Crippen LogP contribution in [0.25, 0.3) is 0 Å². The molecular formula is C12H13F5N2O. The lowest BCUT2D eigenvalue weighted by atomic mass is 10.2. The molecule has 8 heteroatoms. The molecule has 0 saturated carbocycles. The predicted octanol–water partition coefficient (Wildman–Crippen LogP) is 3.21. The number of benzene rings is 1. The van der Waals surface area contributed by atoms with Crippen molar-refractivity contribution in [2.75, 3.05) is 17.2 Å². The molecule has 1 aromatic carbocycles. The molecular weight excluding hydrogens is 283 g/mol. The van der Waals surface area contributed by atoms with E-state index in [4.69, 9.17) is 5.73 Å². The third kappa shape index (κ3) is 3.17. The molecule has 20 heavy (non-hydrogen) atoms. The molecule has 0 fully saturated rings. The molecule has 0 heterocycles. The Morgan fingerprint density at radius 1 is 1.25 bits per heavy atom. The normalized spacial score (nSPS) is 12.3. The van der Waals surface area contributed by atoms with E-state index in [0.717, 1.165) is 0 Å². The van der Waals surface area contributed by atoms with Gasteiger partial charge in [-0.25, -0.2) is 0 Å². The number of rotatable bonds is 4. The van der Waals surface area contributed by atoms with Gasteiger partial charge in [-0.05, 0) is 24.6 Å². The van der Waals surface area contributed by atoms with Crippen molar-refractivity contribution < 1.29 is 26.7 Å². The van der Waals surface area contributed by atoms with Crippen molar-refractivity contribution in [3.8, 4) is 0 Å². The summed E-state index contributed by atoms with van der Waals surface area (Å²) < 4.78 is 63.0. The van der Waals surface area contributed by atoms with Crippen LogP contribution in [0.15, 0.2) is 24.3 Å². The first-order chi connectivity index (χ1) is 9.11. The summed E-state index contributed by atoms with van der Waals surface area (Å²) in [6.07, 6.45) is -5.72. The number of alkyl halides is 5. The molecule has 1 rings (SSSR count). The Hall–Kier alpha value is -1.86. The summed E-state index contributed by atoms with van der Waals surface area (Å²) in [6, 6.07) is 5.21. The molecule has 0 aliphatic carbocycles. The van der Waals surface area contributed by atoms with Gasteiger partial charge in [0, 0.05) is 17.9 Å². The number of nitrogens with zero attached hydrogens (tertiary/aromatic N) is 1. The summed E-state index contributed by atoms with van der Waals surface area (Å²) in [5, 5.41) is 0. The quantitative estimate of drug-likeness (QED) is 0.685. The second kappa shape index (κ2) is 5.64. The smallest absolute Gasteiger partial charge is 0.399 e. The van der Waals surface area contributed by atoms with Crippen LogP contribution in [0.2, 0.25) is 0 Å². The van der Waals surface area contributed by atoms with Gasteiger partial charge in [-0.3, -0.25) is 4.79 Å². The van der Waals surface area contributed by atoms with Crippen molar-refractivity contribution >= 4 is 17.3 Å². The van der Waals surface area contributed by atoms with Crippen molar-refractivity contribution in [3.63, 3.8) is 0 Å². The zero-order chi connectivity index (χ0) is 15.6. The highest BCUT2D eigenvalue weighted by Gasteiger charge is 2.64. The SMILES string of the molecule is CCCN(C(=O)C(F)(F)C(F)(F)F)c1cccc(N)c1. The van der Waals surface area contributed by atoms with Crippen molar-refractivity contribution in [1.82, 2.24) is 0 Å². The second-order valence-electron chi connectivity index (χ2n) is 4.12. The Labute approximate surface area is 112 Å². The lowest BCUT2D eigenvalue weighted by Crippen LogP contribution is -2.52. The Balaban J connectivity index is 3.18. The van der Waals surface area contributed by atoms with E-state index in [1.165, 1.54) is 24.3 Å². The van der Waals surface area contributed by atoms with E-state index in [2.05, 4.69) is 0 Å². The molecule has 0 atom stereocenters. The fourth-order valence-corrected chi connectivity index (χ4v) is 1.55. The number of amides is 1. The Morgan fingerprint density at radius 2 is 1.85 bits per heavy atom. The Bertz CT molecular complexity index is 487. The molecule has 1 aromatic rings. The van der Waals surface area contributed by atoms with E-state index < -0.39 is 18.0 Å². The minimum absolute atomic E-state index is 0.0965. The molecule has 112 valence electrons. The lowest BCUT2D eigenvalue weighted by Gasteiger charge is -2.28. The molecule has 0 aromatic heterocycles. The summed E-state index contributed by atoms with van der Waals surface area (Å²) >= 11 is 0. The minimum Gasteiger partial charge on any atom is -0.399 e. The predicted molar refractivity (Wildman–Crippen MR) is 64.5 cm³/mol. The fourth-order valence-electron chi connectivity index (χ4n) is 1.55. The topological polar surface area (TPSA) is 46.3 Å². The van der Waals surface area contributed by atoms with Gasteiger partial charge in [0.1, 0.15) is 0 Å². The van der Waals surface area contributed by atoms with E-state index in [0.29, 0.717) is 4.90 Å². The highest BCUT2D eigenvalue weighted by molar-refractivity contribution is 5.99. The molecule has 2 N–H and O–H groups in total. The number of nitrogens with two attached hydrogens (primary N) is 1. The summed E-state index contributed by atoms with van der Waals surface area (Å²) in [6.45, 7) is 1.28. The number of anilines is 2. The first-order valence-electron chi connectivity index (χ1n) is 5.73. The monoisotopic (exact) mass is 296 g/mol.